The molecule has 1 heterocycles. The zero-order chi connectivity index (χ0) is 18.2. The molecule has 2 rings (SSSR count). The van der Waals surface area contributed by atoms with Crippen LogP contribution in [0.15, 0.2) is 54.3 Å². The van der Waals surface area contributed by atoms with Gasteiger partial charge in [0.25, 0.3) is 0 Å². The van der Waals surface area contributed by atoms with Crippen LogP contribution in [0, 0.1) is 17.3 Å². The van der Waals surface area contributed by atoms with Gasteiger partial charge in [-0.1, -0.05) is 77.0 Å². The van der Waals surface area contributed by atoms with Crippen LogP contribution in [0.5, 0.6) is 0 Å². The summed E-state index contributed by atoms with van der Waals surface area (Å²) < 4.78 is 0. The van der Waals surface area contributed by atoms with Gasteiger partial charge >= 0.3 is 0 Å². The van der Waals surface area contributed by atoms with Gasteiger partial charge in [-0.15, -0.1) is 0 Å². The Kier molecular flexibility index (Phi) is 8.18. The molecular weight excluding hydrogens is 290 g/mol. The zero-order valence-electron chi connectivity index (χ0n) is 16.6. The highest BCUT2D eigenvalue weighted by molar-refractivity contribution is 5.70. The second-order valence-corrected chi connectivity index (χ2v) is 6.73. The molecule has 0 saturated carbocycles. The molecule has 24 heavy (non-hydrogen) atoms. The van der Waals surface area contributed by atoms with Gasteiger partial charge in [-0.3, -0.25) is 4.98 Å². The van der Waals surface area contributed by atoms with Gasteiger partial charge in [0.05, 0.1) is 5.69 Å². The molecule has 1 aliphatic rings. The van der Waals surface area contributed by atoms with E-state index in [1.165, 1.54) is 17.6 Å². The number of hydrogen-bond donors (Lipinski definition) is 0. The first kappa shape index (κ1) is 20.4. The topological polar surface area (TPSA) is 12.9 Å². The van der Waals surface area contributed by atoms with E-state index in [0.717, 1.165) is 12.1 Å². The molecule has 3 unspecified atom stereocenters. The van der Waals surface area contributed by atoms with Crippen LogP contribution in [0.25, 0.3) is 5.57 Å². The average Bonchev–Trinajstić information content (AvgIpc) is 2.63. The van der Waals surface area contributed by atoms with E-state index < -0.39 is 0 Å². The first-order valence-electron chi connectivity index (χ1n) is 9.46. The lowest BCUT2D eigenvalue weighted by atomic mass is 9.62. The van der Waals surface area contributed by atoms with Gasteiger partial charge in [0.2, 0.25) is 0 Å². The summed E-state index contributed by atoms with van der Waals surface area (Å²) in [6.07, 6.45) is 13.5. The lowest BCUT2D eigenvalue weighted by molar-refractivity contribution is 0.200. The summed E-state index contributed by atoms with van der Waals surface area (Å²) in [6.45, 7) is 15.4. The Morgan fingerprint density at radius 1 is 1.33 bits per heavy atom. The Bertz CT molecular complexity index is 579. The number of nitrogens with zero attached hydrogens (tertiary/aromatic N) is 1. The Morgan fingerprint density at radius 2 is 2.04 bits per heavy atom. The third-order valence-electron chi connectivity index (χ3n) is 5.35. The predicted octanol–water partition coefficient (Wildman–Crippen LogP) is 7.09. The highest BCUT2D eigenvalue weighted by Gasteiger charge is 2.39. The number of rotatable bonds is 5. The van der Waals surface area contributed by atoms with E-state index in [0.29, 0.717) is 11.8 Å². The normalized spacial score (nSPS) is 21.2. The van der Waals surface area contributed by atoms with Crippen molar-refractivity contribution in [1.82, 2.24) is 4.98 Å². The van der Waals surface area contributed by atoms with Crippen LogP contribution in [0.2, 0.25) is 0 Å². The van der Waals surface area contributed by atoms with Gasteiger partial charge in [-0.05, 0) is 55.2 Å². The van der Waals surface area contributed by atoms with Crippen LogP contribution in [-0.2, 0) is 0 Å². The Hall–Kier alpha value is -1.63. The van der Waals surface area contributed by atoms with Crippen molar-refractivity contribution in [2.24, 2.45) is 17.3 Å². The number of aromatic nitrogens is 1. The predicted molar refractivity (Wildman–Crippen MR) is 108 cm³/mol. The average molecular weight is 326 g/mol. The van der Waals surface area contributed by atoms with Crippen molar-refractivity contribution in [3.05, 3.63) is 60.0 Å². The molecule has 0 spiro atoms. The number of hydrogen-bond acceptors (Lipinski definition) is 1. The molecule has 0 N–H and O–H groups in total. The van der Waals surface area contributed by atoms with Crippen LogP contribution < -0.4 is 0 Å². The fourth-order valence-corrected chi connectivity index (χ4v) is 3.63. The van der Waals surface area contributed by atoms with Gasteiger partial charge < -0.3 is 0 Å². The number of allylic oxidation sites excluding steroid dienone is 6. The van der Waals surface area contributed by atoms with E-state index in [9.17, 15) is 0 Å². The number of pyridine rings is 1. The highest BCUT2D eigenvalue weighted by Crippen LogP contribution is 2.48. The van der Waals surface area contributed by atoms with Gasteiger partial charge in [-0.25, -0.2) is 0 Å². The van der Waals surface area contributed by atoms with Gasteiger partial charge in [-0.2, -0.15) is 0 Å². The molecule has 1 aromatic heterocycles. The van der Waals surface area contributed by atoms with E-state index in [1.54, 1.807) is 0 Å². The van der Waals surface area contributed by atoms with Crippen molar-refractivity contribution < 1.29 is 0 Å². The molecule has 0 amide bonds. The lowest BCUT2D eigenvalue weighted by Crippen LogP contribution is -2.33. The minimum Gasteiger partial charge on any atom is -0.257 e. The van der Waals surface area contributed by atoms with Crippen LogP contribution in [0.3, 0.4) is 0 Å². The molecule has 0 bridgehead atoms. The van der Waals surface area contributed by atoms with Gasteiger partial charge in [0.1, 0.15) is 0 Å². The summed E-state index contributed by atoms with van der Waals surface area (Å²) in [4.78, 5) is 4.63. The largest absolute Gasteiger partial charge is 0.257 e. The van der Waals surface area contributed by atoms with Crippen molar-refractivity contribution in [2.45, 2.75) is 61.3 Å². The van der Waals surface area contributed by atoms with E-state index >= 15 is 0 Å². The zero-order valence-corrected chi connectivity index (χ0v) is 16.6. The third kappa shape index (κ3) is 4.47. The monoisotopic (exact) mass is 325 g/mol. The van der Waals surface area contributed by atoms with E-state index in [2.05, 4.69) is 76.0 Å². The smallest absolute Gasteiger partial charge is 0.0664 e. The fourth-order valence-electron chi connectivity index (χ4n) is 3.63. The maximum atomic E-state index is 4.63. The SMILES string of the molecule is CC.CC=CC(C)(C(C)CC)C1CC=C(C)C=C1c1ccccn1. The highest BCUT2D eigenvalue weighted by atomic mass is 14.7. The third-order valence-corrected chi connectivity index (χ3v) is 5.35. The van der Waals surface area contributed by atoms with Crippen LogP contribution >= 0.6 is 0 Å². The van der Waals surface area contributed by atoms with Crippen LogP contribution in [0.4, 0.5) is 0 Å². The minimum atomic E-state index is 0.157. The molecule has 1 aromatic rings. The molecule has 132 valence electrons. The van der Waals surface area contributed by atoms with Gasteiger partial charge in [0.15, 0.2) is 0 Å². The van der Waals surface area contributed by atoms with Crippen molar-refractivity contribution in [1.29, 1.82) is 0 Å². The second kappa shape index (κ2) is 9.61. The molecule has 0 aliphatic heterocycles. The maximum Gasteiger partial charge on any atom is 0.0664 e. The quantitative estimate of drug-likeness (QED) is 0.527. The Morgan fingerprint density at radius 3 is 2.58 bits per heavy atom. The van der Waals surface area contributed by atoms with Crippen LogP contribution in [0.1, 0.15) is 67.0 Å². The van der Waals surface area contributed by atoms with Crippen molar-refractivity contribution >= 4 is 5.57 Å². The molecule has 1 aliphatic carbocycles. The minimum absolute atomic E-state index is 0.157. The first-order valence-corrected chi connectivity index (χ1v) is 9.46. The summed E-state index contributed by atoms with van der Waals surface area (Å²) in [5.41, 5.74) is 4.02. The second-order valence-electron chi connectivity index (χ2n) is 6.73. The van der Waals surface area contributed by atoms with Crippen molar-refractivity contribution in [2.75, 3.05) is 0 Å². The summed E-state index contributed by atoms with van der Waals surface area (Å²) in [6, 6.07) is 6.22. The fraction of sp³-hybridized carbons (Fsp3) is 0.522. The molecular formula is C23H35N. The Labute approximate surface area is 149 Å². The van der Waals surface area contributed by atoms with Crippen molar-refractivity contribution in [3.63, 3.8) is 0 Å². The first-order chi connectivity index (χ1) is 11.5. The standard InChI is InChI=1S/C21H29N.C2H6/c1-6-13-21(5,17(4)7-2)19-12-11-16(3)15-18(19)20-10-8-9-14-22-20;1-2/h6,8-11,13-15,17,19H,7,12H2,1-5H3;1-2H3. The van der Waals surface area contributed by atoms with Crippen LogP contribution in [-0.4, -0.2) is 4.98 Å². The maximum absolute atomic E-state index is 4.63. The lowest BCUT2D eigenvalue weighted by Gasteiger charge is -2.42. The van der Waals surface area contributed by atoms with E-state index in [4.69, 9.17) is 0 Å². The molecule has 1 nitrogen and oxygen atoms in total. The molecule has 0 radical (unpaired) electrons. The summed E-state index contributed by atoms with van der Waals surface area (Å²) in [7, 11) is 0. The molecule has 0 aromatic carbocycles. The molecule has 0 saturated heterocycles. The molecule has 1 heteroatoms. The molecule has 0 fully saturated rings. The van der Waals surface area contributed by atoms with Gasteiger partial charge in [0, 0.05) is 6.20 Å². The summed E-state index contributed by atoms with van der Waals surface area (Å²) in [5.74, 6) is 1.12. The molecule has 3 atom stereocenters. The van der Waals surface area contributed by atoms with E-state index in [-0.39, 0.29) is 5.41 Å². The summed E-state index contributed by atoms with van der Waals surface area (Å²) >= 11 is 0. The summed E-state index contributed by atoms with van der Waals surface area (Å²) in [5, 5.41) is 0. The van der Waals surface area contributed by atoms with Crippen molar-refractivity contribution in [3.8, 4) is 0 Å². The Balaban J connectivity index is 0.00000139. The van der Waals surface area contributed by atoms with E-state index in [1.807, 2.05) is 26.1 Å².